The Balaban J connectivity index is 2.38. The summed E-state index contributed by atoms with van der Waals surface area (Å²) >= 11 is 0. The molecule has 31 heavy (non-hydrogen) atoms. The highest BCUT2D eigenvalue weighted by Gasteiger charge is 2.36. The summed E-state index contributed by atoms with van der Waals surface area (Å²) in [5.74, 6) is 1.10. The van der Waals surface area contributed by atoms with Crippen LogP contribution in [0.2, 0.25) is 0 Å². The molecule has 8 heteroatoms. The van der Waals surface area contributed by atoms with Gasteiger partial charge in [-0.3, -0.25) is 4.79 Å². The molecule has 1 aromatic heterocycles. The van der Waals surface area contributed by atoms with Crippen molar-refractivity contribution in [2.45, 2.75) is 33.2 Å². The number of nitrogens with two attached hydrogens (primary N) is 1. The van der Waals surface area contributed by atoms with E-state index in [1.807, 2.05) is 20.8 Å². The number of hydrogen-bond acceptors (Lipinski definition) is 7. The molecule has 0 spiro atoms. The van der Waals surface area contributed by atoms with Crippen LogP contribution in [0.1, 0.15) is 36.6 Å². The maximum Gasteiger partial charge on any atom is 0.258 e. The van der Waals surface area contributed by atoms with Gasteiger partial charge in [-0.05, 0) is 18.9 Å². The van der Waals surface area contributed by atoms with Crippen molar-refractivity contribution in [2.24, 2.45) is 11.7 Å². The molecular weight excluding hydrogens is 398 g/mol. The average molecular weight is 425 g/mol. The Morgan fingerprint density at radius 2 is 1.74 bits per heavy atom. The molecule has 164 valence electrons. The lowest BCUT2D eigenvalue weighted by atomic mass is 9.83. The lowest BCUT2D eigenvalue weighted by molar-refractivity contribution is 0.346. The van der Waals surface area contributed by atoms with Crippen molar-refractivity contribution in [3.05, 3.63) is 56.8 Å². The fourth-order valence-electron chi connectivity index (χ4n) is 3.87. The third-order valence-electron chi connectivity index (χ3n) is 5.28. The van der Waals surface area contributed by atoms with Crippen LogP contribution >= 0.6 is 0 Å². The molecule has 8 nitrogen and oxygen atoms in total. The number of ether oxygens (including phenoxy) is 4. The van der Waals surface area contributed by atoms with Crippen LogP contribution in [0.4, 0.5) is 0 Å². The number of fused-ring (bicyclic) bond motifs is 1. The molecule has 1 aliphatic heterocycles. The molecule has 0 amide bonds. The first-order valence-corrected chi connectivity index (χ1v) is 9.89. The Kier molecular flexibility index (Phi) is 6.16. The number of allylic oxidation sites excluding steroid dienone is 1. The first-order valence-electron chi connectivity index (χ1n) is 9.89. The number of nitriles is 1. The van der Waals surface area contributed by atoms with Crippen molar-refractivity contribution in [2.75, 3.05) is 21.3 Å². The van der Waals surface area contributed by atoms with Gasteiger partial charge in [0.05, 0.1) is 32.8 Å². The van der Waals surface area contributed by atoms with Crippen molar-refractivity contribution in [3.63, 3.8) is 0 Å². The van der Waals surface area contributed by atoms with Gasteiger partial charge in [0, 0.05) is 29.9 Å². The second kappa shape index (κ2) is 8.64. The quantitative estimate of drug-likeness (QED) is 0.757. The van der Waals surface area contributed by atoms with E-state index >= 15 is 0 Å². The van der Waals surface area contributed by atoms with Gasteiger partial charge in [-0.2, -0.15) is 5.26 Å². The number of rotatable bonds is 6. The molecule has 0 fully saturated rings. The predicted molar refractivity (Wildman–Crippen MR) is 116 cm³/mol. The van der Waals surface area contributed by atoms with Gasteiger partial charge in [0.2, 0.25) is 5.88 Å². The average Bonchev–Trinajstić information content (AvgIpc) is 2.74. The summed E-state index contributed by atoms with van der Waals surface area (Å²) in [4.78, 5) is 13.6. The third-order valence-corrected chi connectivity index (χ3v) is 5.28. The van der Waals surface area contributed by atoms with Gasteiger partial charge in [-0.25, -0.2) is 0 Å². The molecular formula is C23H27N3O5. The van der Waals surface area contributed by atoms with Crippen LogP contribution in [0.5, 0.6) is 23.0 Å². The normalized spacial score (nSPS) is 15.2. The first-order chi connectivity index (χ1) is 14.8. The van der Waals surface area contributed by atoms with Crippen LogP contribution in [-0.2, 0) is 6.54 Å². The minimum atomic E-state index is -0.782. The maximum absolute atomic E-state index is 13.6. The van der Waals surface area contributed by atoms with Crippen LogP contribution in [0.25, 0.3) is 0 Å². The third kappa shape index (κ3) is 3.79. The number of benzene rings is 1. The van der Waals surface area contributed by atoms with Gasteiger partial charge in [0.1, 0.15) is 23.1 Å². The van der Waals surface area contributed by atoms with Crippen LogP contribution in [-0.4, -0.2) is 25.9 Å². The van der Waals surface area contributed by atoms with Crippen molar-refractivity contribution < 1.29 is 18.9 Å². The van der Waals surface area contributed by atoms with Gasteiger partial charge in [-0.1, -0.05) is 13.8 Å². The molecule has 2 N–H and O–H groups in total. The number of pyridine rings is 1. The van der Waals surface area contributed by atoms with Crippen molar-refractivity contribution in [3.8, 4) is 29.1 Å². The van der Waals surface area contributed by atoms with E-state index in [9.17, 15) is 10.1 Å². The van der Waals surface area contributed by atoms with Crippen molar-refractivity contribution in [1.82, 2.24) is 4.57 Å². The number of aromatic nitrogens is 1. The molecule has 1 aliphatic rings. The summed E-state index contributed by atoms with van der Waals surface area (Å²) < 4.78 is 23.8. The topological polar surface area (TPSA) is 109 Å². The minimum Gasteiger partial charge on any atom is -0.496 e. The SMILES string of the molecule is COc1cc(OC)c([C@H]2C(C#N)=C(N)Oc3cc(C)n(CC(C)C)c(=O)c32)cc1OC. The van der Waals surface area contributed by atoms with Crippen LogP contribution in [0.15, 0.2) is 34.4 Å². The Labute approximate surface area is 181 Å². The number of methoxy groups -OCH3 is 3. The Bertz CT molecular complexity index is 1140. The maximum atomic E-state index is 13.6. The molecule has 3 rings (SSSR count). The monoisotopic (exact) mass is 425 g/mol. The Morgan fingerprint density at radius 3 is 2.29 bits per heavy atom. The van der Waals surface area contributed by atoms with E-state index in [0.29, 0.717) is 40.7 Å². The molecule has 0 radical (unpaired) electrons. The van der Waals surface area contributed by atoms with E-state index in [1.54, 1.807) is 22.8 Å². The lowest BCUT2D eigenvalue weighted by Crippen LogP contribution is -2.33. The van der Waals surface area contributed by atoms with E-state index < -0.39 is 5.92 Å². The van der Waals surface area contributed by atoms with Gasteiger partial charge < -0.3 is 29.2 Å². The molecule has 2 heterocycles. The van der Waals surface area contributed by atoms with Gasteiger partial charge in [0.15, 0.2) is 11.5 Å². The lowest BCUT2D eigenvalue weighted by Gasteiger charge is -2.29. The Hall–Kier alpha value is -3.60. The molecule has 1 atom stereocenters. The predicted octanol–water partition coefficient (Wildman–Crippen LogP) is 3.06. The van der Waals surface area contributed by atoms with E-state index in [4.69, 9.17) is 24.7 Å². The summed E-state index contributed by atoms with van der Waals surface area (Å²) in [6.07, 6.45) is 0. The van der Waals surface area contributed by atoms with Gasteiger partial charge >= 0.3 is 0 Å². The zero-order valence-electron chi connectivity index (χ0n) is 18.6. The molecule has 2 aromatic rings. The second-order valence-corrected chi connectivity index (χ2v) is 7.75. The zero-order valence-corrected chi connectivity index (χ0v) is 18.6. The highest BCUT2D eigenvalue weighted by Crippen LogP contribution is 2.46. The summed E-state index contributed by atoms with van der Waals surface area (Å²) in [5, 5.41) is 9.90. The highest BCUT2D eigenvalue weighted by molar-refractivity contribution is 5.61. The summed E-state index contributed by atoms with van der Waals surface area (Å²) in [6.45, 7) is 6.46. The van der Waals surface area contributed by atoms with Gasteiger partial charge in [-0.15, -0.1) is 0 Å². The molecule has 0 aliphatic carbocycles. The fraction of sp³-hybridized carbons (Fsp3) is 0.391. The smallest absolute Gasteiger partial charge is 0.258 e. The number of nitrogens with zero attached hydrogens (tertiary/aromatic N) is 2. The molecule has 0 unspecified atom stereocenters. The van der Waals surface area contributed by atoms with E-state index in [2.05, 4.69) is 6.07 Å². The first kappa shape index (κ1) is 22.1. The summed E-state index contributed by atoms with van der Waals surface area (Å²) in [7, 11) is 4.55. The highest BCUT2D eigenvalue weighted by atomic mass is 16.5. The van der Waals surface area contributed by atoms with E-state index in [1.165, 1.54) is 21.3 Å². The minimum absolute atomic E-state index is 0.0442. The molecule has 0 saturated carbocycles. The summed E-state index contributed by atoms with van der Waals surface area (Å²) in [6, 6.07) is 7.26. The standard InChI is InChI=1S/C23H27N3O5/c1-12(2)11-26-13(3)7-19-21(23(26)27)20(15(10-24)22(25)31-19)14-8-17(29-5)18(30-6)9-16(14)28-4/h7-9,12,20H,11,25H2,1-6H3/t20-/m0/s1. The Morgan fingerprint density at radius 1 is 1.13 bits per heavy atom. The zero-order chi connectivity index (χ0) is 22.9. The summed E-state index contributed by atoms with van der Waals surface area (Å²) in [5.41, 5.74) is 7.65. The molecule has 0 bridgehead atoms. The van der Waals surface area contributed by atoms with E-state index in [-0.39, 0.29) is 22.9 Å². The second-order valence-electron chi connectivity index (χ2n) is 7.75. The van der Waals surface area contributed by atoms with E-state index in [0.717, 1.165) is 5.69 Å². The van der Waals surface area contributed by atoms with Gasteiger partial charge in [0.25, 0.3) is 5.56 Å². The molecule has 0 saturated heterocycles. The van der Waals surface area contributed by atoms with Crippen molar-refractivity contribution >= 4 is 0 Å². The largest absolute Gasteiger partial charge is 0.496 e. The number of aryl methyl sites for hydroxylation is 1. The number of hydrogen-bond donors (Lipinski definition) is 1. The van der Waals surface area contributed by atoms with Crippen LogP contribution < -0.4 is 30.2 Å². The van der Waals surface area contributed by atoms with Crippen LogP contribution in [0.3, 0.4) is 0 Å². The van der Waals surface area contributed by atoms with Crippen molar-refractivity contribution in [1.29, 1.82) is 5.26 Å². The fourth-order valence-corrected chi connectivity index (χ4v) is 3.87. The molecule has 1 aromatic carbocycles. The van der Waals surface area contributed by atoms with Crippen LogP contribution in [0, 0.1) is 24.2 Å².